The maximum absolute atomic E-state index is 8.74. The molecule has 0 saturated carbocycles. The summed E-state index contributed by atoms with van der Waals surface area (Å²) in [6.45, 7) is 0. The molecule has 0 aliphatic rings. The van der Waals surface area contributed by atoms with E-state index in [1.807, 2.05) is 30.3 Å². The highest BCUT2D eigenvalue weighted by Gasteiger charge is 2.01. The molecule has 0 unspecified atom stereocenters. The fourth-order valence-electron chi connectivity index (χ4n) is 1.07. The smallest absolute Gasteiger partial charge is 0.142 e. The van der Waals surface area contributed by atoms with Crippen LogP contribution in [-0.4, -0.2) is 12.1 Å². The van der Waals surface area contributed by atoms with Crippen LogP contribution in [-0.2, 0) is 0 Å². The number of nitriles is 1. The first-order valence-electron chi connectivity index (χ1n) is 4.48. The number of thiocarbonyl (C=S) groups is 1. The monoisotopic (exact) mass is 233 g/mol. The molecule has 1 aromatic rings. The van der Waals surface area contributed by atoms with E-state index in [2.05, 4.69) is 5.32 Å². The molecule has 1 rings (SSSR count). The molecule has 82 valence electrons. The molecule has 0 fully saturated rings. The van der Waals surface area contributed by atoms with Crippen molar-refractivity contribution in [1.29, 1.82) is 5.26 Å². The SMILES string of the molecule is COc1ccccc1N/C=C(\C#N)C(N)=S. The number of nitrogens with one attached hydrogen (secondary N) is 1. The number of nitrogens with two attached hydrogens (primary N) is 1. The minimum atomic E-state index is 0.0601. The van der Waals surface area contributed by atoms with E-state index in [1.54, 1.807) is 7.11 Å². The van der Waals surface area contributed by atoms with Gasteiger partial charge in [-0.25, -0.2) is 0 Å². The van der Waals surface area contributed by atoms with Crippen LogP contribution in [0.4, 0.5) is 5.69 Å². The number of para-hydroxylation sites is 2. The van der Waals surface area contributed by atoms with Gasteiger partial charge in [-0.15, -0.1) is 0 Å². The van der Waals surface area contributed by atoms with E-state index >= 15 is 0 Å². The van der Waals surface area contributed by atoms with Crippen LogP contribution in [0.2, 0.25) is 0 Å². The normalized spacial score (nSPS) is 10.4. The molecule has 0 bridgehead atoms. The molecule has 1 aromatic carbocycles. The lowest BCUT2D eigenvalue weighted by atomic mass is 10.3. The van der Waals surface area contributed by atoms with E-state index in [-0.39, 0.29) is 10.6 Å². The van der Waals surface area contributed by atoms with Crippen molar-refractivity contribution in [2.24, 2.45) is 5.73 Å². The molecular weight excluding hydrogens is 222 g/mol. The number of benzene rings is 1. The van der Waals surface area contributed by atoms with E-state index in [4.69, 9.17) is 28.0 Å². The second-order valence-electron chi connectivity index (χ2n) is 2.88. The molecular formula is C11H11N3OS. The Morgan fingerprint density at radius 1 is 1.56 bits per heavy atom. The molecule has 3 N–H and O–H groups in total. The lowest BCUT2D eigenvalue weighted by molar-refractivity contribution is 0.417. The Hall–Kier alpha value is -2.06. The summed E-state index contributed by atoms with van der Waals surface area (Å²) in [5.74, 6) is 0.680. The fraction of sp³-hybridized carbons (Fsp3) is 0.0909. The van der Waals surface area contributed by atoms with Crippen molar-refractivity contribution in [3.05, 3.63) is 36.0 Å². The standard InChI is InChI=1S/C11H11N3OS/c1-15-10-5-3-2-4-9(10)14-7-8(6-12)11(13)16/h2-5,7,14H,1H3,(H2,13,16)/b8-7+. The van der Waals surface area contributed by atoms with Crippen LogP contribution in [0.5, 0.6) is 5.75 Å². The van der Waals surface area contributed by atoms with Crippen molar-refractivity contribution in [2.45, 2.75) is 0 Å². The van der Waals surface area contributed by atoms with Crippen molar-refractivity contribution < 1.29 is 4.74 Å². The van der Waals surface area contributed by atoms with Gasteiger partial charge in [0.1, 0.15) is 22.4 Å². The molecule has 0 amide bonds. The highest BCUT2D eigenvalue weighted by atomic mass is 32.1. The first-order chi connectivity index (χ1) is 7.69. The van der Waals surface area contributed by atoms with Crippen LogP contribution in [0, 0.1) is 11.3 Å². The molecule has 5 heteroatoms. The molecule has 0 saturated heterocycles. The quantitative estimate of drug-likeness (QED) is 0.471. The van der Waals surface area contributed by atoms with Gasteiger partial charge in [0.2, 0.25) is 0 Å². The third-order valence-electron chi connectivity index (χ3n) is 1.86. The number of ether oxygens (including phenoxy) is 1. The number of anilines is 1. The zero-order chi connectivity index (χ0) is 12.0. The summed E-state index contributed by atoms with van der Waals surface area (Å²) < 4.78 is 5.13. The predicted octanol–water partition coefficient (Wildman–Crippen LogP) is 1.80. The summed E-state index contributed by atoms with van der Waals surface area (Å²) in [5, 5.41) is 11.7. The number of nitrogens with zero attached hydrogens (tertiary/aromatic N) is 1. The lowest BCUT2D eigenvalue weighted by Gasteiger charge is -2.07. The van der Waals surface area contributed by atoms with Gasteiger partial charge in [-0.3, -0.25) is 0 Å². The van der Waals surface area contributed by atoms with Crippen LogP contribution >= 0.6 is 12.2 Å². The van der Waals surface area contributed by atoms with Crippen LogP contribution in [0.15, 0.2) is 36.0 Å². The minimum absolute atomic E-state index is 0.0601. The average molecular weight is 233 g/mol. The van der Waals surface area contributed by atoms with Gasteiger partial charge in [0.25, 0.3) is 0 Å². The molecule has 16 heavy (non-hydrogen) atoms. The Morgan fingerprint density at radius 2 is 2.25 bits per heavy atom. The molecule has 0 spiro atoms. The summed E-state index contributed by atoms with van der Waals surface area (Å²) >= 11 is 4.71. The average Bonchev–Trinajstić information content (AvgIpc) is 2.30. The number of hydrogen-bond acceptors (Lipinski definition) is 4. The Balaban J connectivity index is 2.89. The van der Waals surface area contributed by atoms with Crippen molar-refractivity contribution in [3.63, 3.8) is 0 Å². The van der Waals surface area contributed by atoms with Gasteiger partial charge >= 0.3 is 0 Å². The summed E-state index contributed by atoms with van der Waals surface area (Å²) in [6, 6.07) is 9.24. The molecule has 0 heterocycles. The van der Waals surface area contributed by atoms with E-state index in [1.165, 1.54) is 6.20 Å². The summed E-state index contributed by atoms with van der Waals surface area (Å²) in [7, 11) is 1.57. The van der Waals surface area contributed by atoms with Crippen molar-refractivity contribution >= 4 is 22.9 Å². The molecule has 0 aliphatic heterocycles. The summed E-state index contributed by atoms with van der Waals surface area (Å²) in [6.07, 6.45) is 1.46. The number of hydrogen-bond donors (Lipinski definition) is 2. The largest absolute Gasteiger partial charge is 0.495 e. The van der Waals surface area contributed by atoms with E-state index in [0.717, 1.165) is 5.69 Å². The van der Waals surface area contributed by atoms with Crippen LogP contribution < -0.4 is 15.8 Å². The molecule has 0 atom stereocenters. The van der Waals surface area contributed by atoms with Gasteiger partial charge in [-0.05, 0) is 12.1 Å². The van der Waals surface area contributed by atoms with Crippen LogP contribution in [0.1, 0.15) is 0 Å². The van der Waals surface area contributed by atoms with Crippen molar-refractivity contribution in [1.82, 2.24) is 0 Å². The summed E-state index contributed by atoms with van der Waals surface area (Å²) in [5.41, 5.74) is 6.32. The Bertz CT molecular complexity index is 463. The van der Waals surface area contributed by atoms with E-state index in [0.29, 0.717) is 5.75 Å². The first-order valence-corrected chi connectivity index (χ1v) is 4.89. The Morgan fingerprint density at radius 3 is 2.81 bits per heavy atom. The van der Waals surface area contributed by atoms with Gasteiger partial charge in [0.05, 0.1) is 12.8 Å². The molecule has 4 nitrogen and oxygen atoms in total. The highest BCUT2D eigenvalue weighted by molar-refractivity contribution is 7.80. The highest BCUT2D eigenvalue weighted by Crippen LogP contribution is 2.23. The van der Waals surface area contributed by atoms with Gasteiger partial charge < -0.3 is 15.8 Å². The topological polar surface area (TPSA) is 71.1 Å². The molecule has 0 radical (unpaired) electrons. The zero-order valence-electron chi connectivity index (χ0n) is 8.73. The third kappa shape index (κ3) is 2.97. The van der Waals surface area contributed by atoms with Gasteiger partial charge in [-0.1, -0.05) is 24.4 Å². The van der Waals surface area contributed by atoms with Crippen molar-refractivity contribution in [2.75, 3.05) is 12.4 Å². The summed E-state index contributed by atoms with van der Waals surface area (Å²) in [4.78, 5) is 0.0601. The van der Waals surface area contributed by atoms with Crippen LogP contribution in [0.25, 0.3) is 0 Å². The maximum atomic E-state index is 8.74. The second-order valence-corrected chi connectivity index (χ2v) is 3.32. The van der Waals surface area contributed by atoms with Gasteiger partial charge in [0.15, 0.2) is 0 Å². The van der Waals surface area contributed by atoms with E-state index in [9.17, 15) is 0 Å². The minimum Gasteiger partial charge on any atom is -0.495 e. The molecule has 0 aromatic heterocycles. The third-order valence-corrected chi connectivity index (χ3v) is 2.08. The first kappa shape index (κ1) is 12.0. The van der Waals surface area contributed by atoms with Crippen molar-refractivity contribution in [3.8, 4) is 11.8 Å². The lowest BCUT2D eigenvalue weighted by Crippen LogP contribution is -2.11. The zero-order valence-corrected chi connectivity index (χ0v) is 9.54. The number of methoxy groups -OCH3 is 1. The maximum Gasteiger partial charge on any atom is 0.142 e. The van der Waals surface area contributed by atoms with Gasteiger partial charge in [-0.2, -0.15) is 5.26 Å². The predicted molar refractivity (Wildman–Crippen MR) is 67.1 cm³/mol. The Labute approximate surface area is 99.3 Å². The Kier molecular flexibility index (Phi) is 4.30. The van der Waals surface area contributed by atoms with Crippen LogP contribution in [0.3, 0.4) is 0 Å². The fourth-order valence-corrected chi connectivity index (χ4v) is 1.18. The number of rotatable bonds is 4. The van der Waals surface area contributed by atoms with Gasteiger partial charge in [0, 0.05) is 6.20 Å². The second kappa shape index (κ2) is 5.73. The molecule has 0 aliphatic carbocycles. The van der Waals surface area contributed by atoms with E-state index < -0.39 is 0 Å².